The molecule has 1 aliphatic heterocycles. The fourth-order valence-corrected chi connectivity index (χ4v) is 3.94. The van der Waals surface area contributed by atoms with Gasteiger partial charge in [0.05, 0.1) is 5.56 Å². The van der Waals surface area contributed by atoms with E-state index in [1.54, 1.807) is 0 Å². The first-order chi connectivity index (χ1) is 13.5. The summed E-state index contributed by atoms with van der Waals surface area (Å²) in [7, 11) is 0. The molecule has 0 aliphatic carbocycles. The third kappa shape index (κ3) is 5.35. The average Bonchev–Trinajstić information content (AvgIpc) is 2.71. The van der Waals surface area contributed by atoms with Gasteiger partial charge in [-0.05, 0) is 43.4 Å². The zero-order valence-electron chi connectivity index (χ0n) is 15.8. The Kier molecular flexibility index (Phi) is 7.09. The van der Waals surface area contributed by atoms with Crippen molar-refractivity contribution >= 4 is 27.7 Å². The Morgan fingerprint density at radius 2 is 1.89 bits per heavy atom. The monoisotopic (exact) mass is 444 g/mol. The van der Waals surface area contributed by atoms with Crippen LogP contribution in [0.4, 0.5) is 0 Å². The van der Waals surface area contributed by atoms with E-state index in [0.717, 1.165) is 35.8 Å². The molecular formula is C22H25BrN2O3. The second-order valence-electron chi connectivity index (χ2n) is 7.14. The van der Waals surface area contributed by atoms with E-state index in [9.17, 15) is 9.59 Å². The van der Waals surface area contributed by atoms with Gasteiger partial charge in [-0.25, -0.2) is 0 Å². The van der Waals surface area contributed by atoms with Crippen molar-refractivity contribution in [2.24, 2.45) is 11.7 Å². The van der Waals surface area contributed by atoms with E-state index in [4.69, 9.17) is 10.5 Å². The highest BCUT2D eigenvalue weighted by atomic mass is 79.9. The number of amides is 2. The van der Waals surface area contributed by atoms with E-state index in [0.29, 0.717) is 36.8 Å². The van der Waals surface area contributed by atoms with E-state index in [-0.39, 0.29) is 11.8 Å². The summed E-state index contributed by atoms with van der Waals surface area (Å²) in [4.78, 5) is 26.1. The van der Waals surface area contributed by atoms with Gasteiger partial charge in [-0.2, -0.15) is 0 Å². The minimum Gasteiger partial charge on any atom is -0.488 e. The minimum atomic E-state index is -0.283. The number of rotatable bonds is 7. The van der Waals surface area contributed by atoms with Gasteiger partial charge in [-0.3, -0.25) is 9.59 Å². The van der Waals surface area contributed by atoms with E-state index in [1.807, 2.05) is 53.4 Å². The molecule has 1 aliphatic rings. The van der Waals surface area contributed by atoms with Crippen LogP contribution in [0.3, 0.4) is 0 Å². The lowest BCUT2D eigenvalue weighted by Gasteiger charge is -2.33. The minimum absolute atomic E-state index is 0.0218. The standard InChI is InChI=1S/C22H25BrN2O3/c23-19-9-3-1-7-17(19)15-28-20-10-4-2-8-18(20)22(27)25-13-5-6-16(14-25)11-12-21(24)26/h1-4,7-10,16H,5-6,11-15H2,(H2,24,26). The maximum Gasteiger partial charge on any atom is 0.257 e. The molecule has 1 atom stereocenters. The van der Waals surface area contributed by atoms with Crippen molar-refractivity contribution in [2.45, 2.75) is 32.3 Å². The summed E-state index contributed by atoms with van der Waals surface area (Å²) in [5.41, 5.74) is 6.86. The van der Waals surface area contributed by atoms with Gasteiger partial charge in [-0.1, -0.05) is 46.3 Å². The molecule has 1 heterocycles. The first kappa shape index (κ1) is 20.4. The molecule has 3 rings (SSSR count). The Balaban J connectivity index is 1.68. The Hall–Kier alpha value is -2.34. The number of carbonyl (C=O) groups excluding carboxylic acids is 2. The van der Waals surface area contributed by atoms with Crippen molar-refractivity contribution < 1.29 is 14.3 Å². The fraction of sp³-hybridized carbons (Fsp3) is 0.364. The summed E-state index contributed by atoms with van der Waals surface area (Å²) >= 11 is 3.52. The molecule has 148 valence electrons. The molecule has 6 heteroatoms. The number of primary amides is 1. The molecule has 1 saturated heterocycles. The van der Waals surface area contributed by atoms with Crippen LogP contribution in [0, 0.1) is 5.92 Å². The largest absolute Gasteiger partial charge is 0.488 e. The molecule has 0 radical (unpaired) electrons. The second-order valence-corrected chi connectivity index (χ2v) is 7.99. The van der Waals surface area contributed by atoms with Crippen LogP contribution >= 0.6 is 15.9 Å². The molecule has 2 aromatic rings. The summed E-state index contributed by atoms with van der Waals surface area (Å²) in [6.07, 6.45) is 3.07. The van der Waals surface area contributed by atoms with Crippen LogP contribution in [-0.2, 0) is 11.4 Å². The highest BCUT2D eigenvalue weighted by Crippen LogP contribution is 2.27. The predicted molar refractivity (Wildman–Crippen MR) is 112 cm³/mol. The Labute approximate surface area is 174 Å². The number of likely N-dealkylation sites (tertiary alicyclic amines) is 1. The maximum atomic E-state index is 13.1. The number of ether oxygens (including phenoxy) is 1. The normalized spacial score (nSPS) is 16.6. The van der Waals surface area contributed by atoms with E-state index < -0.39 is 0 Å². The first-order valence-electron chi connectivity index (χ1n) is 9.57. The molecule has 2 amide bonds. The van der Waals surface area contributed by atoms with Gasteiger partial charge in [0.15, 0.2) is 0 Å². The molecule has 0 aromatic heterocycles. The number of nitrogens with zero attached hydrogens (tertiary/aromatic N) is 1. The molecule has 1 fully saturated rings. The van der Waals surface area contributed by atoms with E-state index >= 15 is 0 Å². The molecule has 0 spiro atoms. The molecule has 5 nitrogen and oxygen atoms in total. The second kappa shape index (κ2) is 9.73. The first-order valence-corrected chi connectivity index (χ1v) is 10.4. The van der Waals surface area contributed by atoms with E-state index in [1.165, 1.54) is 0 Å². The predicted octanol–water partition coefficient (Wildman–Crippen LogP) is 4.15. The van der Waals surface area contributed by atoms with Crippen molar-refractivity contribution in [2.75, 3.05) is 13.1 Å². The van der Waals surface area contributed by atoms with Gasteiger partial charge < -0.3 is 15.4 Å². The zero-order chi connectivity index (χ0) is 19.9. The van der Waals surface area contributed by atoms with Crippen LogP contribution in [0.5, 0.6) is 5.75 Å². The lowest BCUT2D eigenvalue weighted by molar-refractivity contribution is -0.118. The average molecular weight is 445 g/mol. The number of halogens is 1. The molecule has 28 heavy (non-hydrogen) atoms. The summed E-state index contributed by atoms with van der Waals surface area (Å²) in [5.74, 6) is 0.599. The van der Waals surface area contributed by atoms with Crippen molar-refractivity contribution in [3.63, 3.8) is 0 Å². The van der Waals surface area contributed by atoms with Gasteiger partial charge in [0.2, 0.25) is 5.91 Å². The van der Waals surface area contributed by atoms with Crippen LogP contribution in [0.25, 0.3) is 0 Å². The molecule has 1 unspecified atom stereocenters. The van der Waals surface area contributed by atoms with Gasteiger partial charge in [0.1, 0.15) is 12.4 Å². The van der Waals surface area contributed by atoms with Crippen LogP contribution in [-0.4, -0.2) is 29.8 Å². The summed E-state index contributed by atoms with van der Waals surface area (Å²) < 4.78 is 6.96. The Bertz CT molecular complexity index is 840. The van der Waals surface area contributed by atoms with Gasteiger partial charge in [0, 0.05) is 29.5 Å². The maximum absolute atomic E-state index is 13.1. The van der Waals surface area contributed by atoms with Crippen molar-refractivity contribution in [3.8, 4) is 5.75 Å². The van der Waals surface area contributed by atoms with Crippen molar-refractivity contribution in [1.29, 1.82) is 0 Å². The molecular weight excluding hydrogens is 420 g/mol. The number of piperidine rings is 1. The van der Waals surface area contributed by atoms with Gasteiger partial charge in [-0.15, -0.1) is 0 Å². The topological polar surface area (TPSA) is 72.6 Å². The SMILES string of the molecule is NC(=O)CCC1CCCN(C(=O)c2ccccc2OCc2ccccc2Br)C1. The third-order valence-electron chi connectivity index (χ3n) is 5.06. The van der Waals surface area contributed by atoms with Crippen LogP contribution in [0.2, 0.25) is 0 Å². The summed E-state index contributed by atoms with van der Waals surface area (Å²) in [6.45, 7) is 1.77. The fourth-order valence-electron chi connectivity index (χ4n) is 3.54. The third-order valence-corrected chi connectivity index (χ3v) is 5.84. The lowest BCUT2D eigenvalue weighted by atomic mass is 9.93. The number of hydrogen-bond acceptors (Lipinski definition) is 3. The number of nitrogens with two attached hydrogens (primary N) is 1. The summed E-state index contributed by atoms with van der Waals surface area (Å²) in [6, 6.07) is 15.2. The Morgan fingerprint density at radius 3 is 2.68 bits per heavy atom. The number of hydrogen-bond donors (Lipinski definition) is 1. The lowest BCUT2D eigenvalue weighted by Crippen LogP contribution is -2.40. The number of para-hydroxylation sites is 1. The molecule has 0 saturated carbocycles. The van der Waals surface area contributed by atoms with Gasteiger partial charge in [0.25, 0.3) is 5.91 Å². The Morgan fingerprint density at radius 1 is 1.14 bits per heavy atom. The number of carbonyl (C=O) groups is 2. The quantitative estimate of drug-likeness (QED) is 0.696. The highest BCUT2D eigenvalue weighted by molar-refractivity contribution is 9.10. The van der Waals surface area contributed by atoms with Crippen LogP contribution in [0.15, 0.2) is 53.0 Å². The van der Waals surface area contributed by atoms with Gasteiger partial charge >= 0.3 is 0 Å². The molecule has 2 aromatic carbocycles. The zero-order valence-corrected chi connectivity index (χ0v) is 17.4. The van der Waals surface area contributed by atoms with E-state index in [2.05, 4.69) is 15.9 Å². The van der Waals surface area contributed by atoms with Crippen LogP contribution in [0.1, 0.15) is 41.6 Å². The van der Waals surface area contributed by atoms with Crippen molar-refractivity contribution in [1.82, 2.24) is 4.90 Å². The number of benzene rings is 2. The smallest absolute Gasteiger partial charge is 0.257 e. The van der Waals surface area contributed by atoms with Crippen molar-refractivity contribution in [3.05, 3.63) is 64.1 Å². The molecule has 0 bridgehead atoms. The van der Waals surface area contributed by atoms with Crippen LogP contribution < -0.4 is 10.5 Å². The summed E-state index contributed by atoms with van der Waals surface area (Å²) in [5, 5.41) is 0. The molecule has 2 N–H and O–H groups in total. The highest BCUT2D eigenvalue weighted by Gasteiger charge is 2.26.